The van der Waals surface area contributed by atoms with Gasteiger partial charge in [-0.15, -0.1) is 0 Å². The van der Waals surface area contributed by atoms with Crippen molar-refractivity contribution in [3.05, 3.63) is 48.5 Å². The summed E-state index contributed by atoms with van der Waals surface area (Å²) in [5, 5.41) is 0. The number of fused-ring (bicyclic) bond motifs is 1. The monoisotopic (exact) mass is 418 g/mol. The molecule has 0 unspecified atom stereocenters. The third-order valence-electron chi connectivity index (χ3n) is 5.03. The lowest BCUT2D eigenvalue weighted by atomic mass is 10.2. The van der Waals surface area contributed by atoms with Gasteiger partial charge in [-0.2, -0.15) is 4.31 Å². The highest BCUT2D eigenvalue weighted by Crippen LogP contribution is 2.31. The summed E-state index contributed by atoms with van der Waals surface area (Å²) in [6.07, 6.45) is -0.727. The van der Waals surface area contributed by atoms with E-state index in [9.17, 15) is 13.2 Å². The average molecular weight is 418 g/mol. The molecule has 0 aromatic heterocycles. The molecule has 9 heteroatoms. The summed E-state index contributed by atoms with van der Waals surface area (Å²) in [7, 11) is -2.09. The van der Waals surface area contributed by atoms with Gasteiger partial charge >= 0.3 is 0 Å². The Morgan fingerprint density at radius 3 is 2.31 bits per heavy atom. The first kappa shape index (κ1) is 19.5. The number of ether oxygens (including phenoxy) is 3. The predicted molar refractivity (Wildman–Crippen MR) is 105 cm³/mol. The van der Waals surface area contributed by atoms with Gasteiger partial charge in [0.25, 0.3) is 5.91 Å². The molecule has 0 saturated carbocycles. The van der Waals surface area contributed by atoms with Crippen LogP contribution in [-0.2, 0) is 14.8 Å². The Morgan fingerprint density at radius 2 is 1.66 bits per heavy atom. The lowest BCUT2D eigenvalue weighted by molar-refractivity contribution is -0.142. The molecule has 1 amide bonds. The molecule has 0 bridgehead atoms. The second-order valence-corrected chi connectivity index (χ2v) is 8.71. The molecule has 4 rings (SSSR count). The Morgan fingerprint density at radius 1 is 1.00 bits per heavy atom. The van der Waals surface area contributed by atoms with Gasteiger partial charge in [0.05, 0.1) is 12.0 Å². The Bertz CT molecular complexity index is 984. The van der Waals surface area contributed by atoms with Crippen LogP contribution in [0.15, 0.2) is 53.4 Å². The van der Waals surface area contributed by atoms with Crippen LogP contribution in [0.2, 0.25) is 0 Å². The summed E-state index contributed by atoms with van der Waals surface area (Å²) in [6.45, 7) is 1.19. The molecular weight excluding hydrogens is 396 g/mol. The van der Waals surface area contributed by atoms with Gasteiger partial charge in [0.2, 0.25) is 16.1 Å². The van der Waals surface area contributed by atoms with E-state index in [1.165, 1.54) is 23.5 Å². The van der Waals surface area contributed by atoms with Gasteiger partial charge in [0.15, 0.2) is 11.5 Å². The van der Waals surface area contributed by atoms with Crippen molar-refractivity contribution in [3.63, 3.8) is 0 Å². The number of para-hydroxylation sites is 2. The highest BCUT2D eigenvalue weighted by Gasteiger charge is 2.35. The fraction of sp³-hybridized carbons (Fsp3) is 0.350. The molecule has 2 aliphatic heterocycles. The van der Waals surface area contributed by atoms with Crippen molar-refractivity contribution >= 4 is 15.9 Å². The molecule has 1 fully saturated rings. The Labute approximate surface area is 169 Å². The van der Waals surface area contributed by atoms with E-state index < -0.39 is 16.1 Å². The fourth-order valence-corrected chi connectivity index (χ4v) is 4.81. The molecule has 2 aliphatic rings. The lowest BCUT2D eigenvalue weighted by Crippen LogP contribution is -2.55. The van der Waals surface area contributed by atoms with Crippen LogP contribution < -0.4 is 14.2 Å². The molecule has 1 atom stereocenters. The van der Waals surface area contributed by atoms with Crippen molar-refractivity contribution in [2.45, 2.75) is 11.0 Å². The minimum atomic E-state index is -3.62. The second-order valence-electron chi connectivity index (χ2n) is 6.77. The molecule has 1 saturated heterocycles. The number of amides is 1. The molecule has 0 N–H and O–H groups in total. The molecule has 2 aromatic rings. The Kier molecular flexibility index (Phi) is 5.33. The molecule has 8 nitrogen and oxygen atoms in total. The zero-order valence-corrected chi connectivity index (χ0v) is 16.8. The minimum Gasteiger partial charge on any atom is -0.497 e. The van der Waals surface area contributed by atoms with Gasteiger partial charge in [-0.25, -0.2) is 8.42 Å². The number of rotatable bonds is 4. The maximum atomic E-state index is 12.8. The Hall–Kier alpha value is -2.78. The fourth-order valence-electron chi connectivity index (χ4n) is 3.39. The summed E-state index contributed by atoms with van der Waals surface area (Å²) >= 11 is 0. The van der Waals surface area contributed by atoms with E-state index in [1.54, 1.807) is 29.2 Å². The topological polar surface area (TPSA) is 85.4 Å². The molecule has 2 heterocycles. The summed E-state index contributed by atoms with van der Waals surface area (Å²) in [5.74, 6) is 1.56. The third-order valence-corrected chi connectivity index (χ3v) is 6.94. The van der Waals surface area contributed by atoms with E-state index in [4.69, 9.17) is 14.2 Å². The van der Waals surface area contributed by atoms with Gasteiger partial charge in [0, 0.05) is 26.2 Å². The third kappa shape index (κ3) is 3.88. The molecule has 154 valence electrons. The quantitative estimate of drug-likeness (QED) is 0.746. The summed E-state index contributed by atoms with van der Waals surface area (Å²) in [6, 6.07) is 13.5. The van der Waals surface area contributed by atoms with Crippen molar-refractivity contribution in [2.75, 3.05) is 39.9 Å². The minimum absolute atomic E-state index is 0.139. The van der Waals surface area contributed by atoms with E-state index in [0.717, 1.165) is 0 Å². The first-order valence-corrected chi connectivity index (χ1v) is 10.7. The van der Waals surface area contributed by atoms with E-state index in [0.29, 0.717) is 30.3 Å². The van der Waals surface area contributed by atoms with Crippen LogP contribution in [0.25, 0.3) is 0 Å². The van der Waals surface area contributed by atoms with Crippen molar-refractivity contribution in [1.29, 1.82) is 0 Å². The summed E-state index contributed by atoms with van der Waals surface area (Å²) < 4.78 is 43.5. The van der Waals surface area contributed by atoms with Gasteiger partial charge < -0.3 is 19.1 Å². The molecule has 0 aliphatic carbocycles. The maximum Gasteiger partial charge on any atom is 0.267 e. The number of hydrogen-bond donors (Lipinski definition) is 0. The van der Waals surface area contributed by atoms with Gasteiger partial charge in [-0.3, -0.25) is 4.79 Å². The zero-order valence-electron chi connectivity index (χ0n) is 16.0. The highest BCUT2D eigenvalue weighted by molar-refractivity contribution is 7.89. The van der Waals surface area contributed by atoms with E-state index in [-0.39, 0.29) is 30.5 Å². The largest absolute Gasteiger partial charge is 0.497 e. The van der Waals surface area contributed by atoms with Crippen LogP contribution in [0.3, 0.4) is 0 Å². The van der Waals surface area contributed by atoms with Crippen molar-refractivity contribution in [1.82, 2.24) is 9.21 Å². The Balaban J connectivity index is 1.38. The number of piperazine rings is 1. The van der Waals surface area contributed by atoms with E-state index >= 15 is 0 Å². The normalized spacial score (nSPS) is 19.6. The van der Waals surface area contributed by atoms with Crippen LogP contribution in [0, 0.1) is 0 Å². The smallest absolute Gasteiger partial charge is 0.267 e. The molecule has 0 radical (unpaired) electrons. The van der Waals surface area contributed by atoms with Crippen molar-refractivity contribution in [3.8, 4) is 17.2 Å². The van der Waals surface area contributed by atoms with Crippen LogP contribution in [0.1, 0.15) is 0 Å². The second kappa shape index (κ2) is 7.92. The molecule has 2 aromatic carbocycles. The van der Waals surface area contributed by atoms with Gasteiger partial charge in [0.1, 0.15) is 12.4 Å². The van der Waals surface area contributed by atoms with Crippen LogP contribution in [0.5, 0.6) is 17.2 Å². The van der Waals surface area contributed by atoms with Crippen molar-refractivity contribution in [2.24, 2.45) is 0 Å². The van der Waals surface area contributed by atoms with Gasteiger partial charge in [-0.1, -0.05) is 12.1 Å². The zero-order chi connectivity index (χ0) is 20.4. The number of methoxy groups -OCH3 is 1. The summed E-state index contributed by atoms with van der Waals surface area (Å²) in [4.78, 5) is 14.6. The number of hydrogen-bond acceptors (Lipinski definition) is 6. The average Bonchev–Trinajstić information content (AvgIpc) is 2.78. The van der Waals surface area contributed by atoms with E-state index in [2.05, 4.69) is 0 Å². The SMILES string of the molecule is COc1ccc(S(=O)(=O)N2CCN(C(=O)[C@@H]3COc4ccccc4O3)CC2)cc1. The standard InChI is InChI=1S/C20H22N2O6S/c1-26-15-6-8-16(9-7-15)29(24,25)22-12-10-21(11-13-22)20(23)19-14-27-17-4-2-3-5-18(17)28-19/h2-9,19H,10-14H2,1H3/t19-/m0/s1. The van der Waals surface area contributed by atoms with Crippen LogP contribution >= 0.6 is 0 Å². The highest BCUT2D eigenvalue weighted by atomic mass is 32.2. The number of benzene rings is 2. The molecule has 29 heavy (non-hydrogen) atoms. The van der Waals surface area contributed by atoms with E-state index in [1.807, 2.05) is 12.1 Å². The van der Waals surface area contributed by atoms with Crippen LogP contribution in [0.4, 0.5) is 0 Å². The molecule has 0 spiro atoms. The first-order valence-electron chi connectivity index (χ1n) is 9.30. The number of carbonyl (C=O) groups is 1. The predicted octanol–water partition coefficient (Wildman–Crippen LogP) is 1.37. The van der Waals surface area contributed by atoms with Gasteiger partial charge in [-0.05, 0) is 36.4 Å². The number of carbonyl (C=O) groups excluding carboxylic acids is 1. The first-order chi connectivity index (χ1) is 14.0. The lowest BCUT2D eigenvalue weighted by Gasteiger charge is -2.36. The number of nitrogens with zero attached hydrogens (tertiary/aromatic N) is 2. The van der Waals surface area contributed by atoms with Crippen LogP contribution in [-0.4, -0.2) is 69.5 Å². The number of sulfonamides is 1. The molecular formula is C20H22N2O6S. The maximum absolute atomic E-state index is 12.8. The summed E-state index contributed by atoms with van der Waals surface area (Å²) in [5.41, 5.74) is 0. The van der Waals surface area contributed by atoms with Crippen molar-refractivity contribution < 1.29 is 27.4 Å².